The maximum absolute atomic E-state index is 8.67. The number of hydrogen-bond donors (Lipinski definition) is 0. The van der Waals surface area contributed by atoms with Crippen LogP contribution in [0.2, 0.25) is 5.02 Å². The summed E-state index contributed by atoms with van der Waals surface area (Å²) in [5, 5.41) is 11.0. The number of ether oxygens (including phenoxy) is 1. The molecule has 1 aromatic heterocycles. The molecule has 5 heteroatoms. The average molecular weight is 251 g/mol. The molecule has 0 bridgehead atoms. The third-order valence-electron chi connectivity index (χ3n) is 1.92. The van der Waals surface area contributed by atoms with E-state index < -0.39 is 0 Å². The highest BCUT2D eigenvalue weighted by atomic mass is 35.5. The standard InChI is InChI=1S/C11H7ClN2OS/c12-10-3-8(4-13)1-2-11(10)15-5-9-6-16-7-14-9/h1-3,6-7H,5H2. The number of aromatic nitrogens is 1. The Morgan fingerprint density at radius 2 is 2.38 bits per heavy atom. The monoisotopic (exact) mass is 250 g/mol. The van der Waals surface area contributed by atoms with Crippen molar-refractivity contribution in [2.24, 2.45) is 0 Å². The summed E-state index contributed by atoms with van der Waals surface area (Å²) in [5.41, 5.74) is 3.13. The fourth-order valence-electron chi connectivity index (χ4n) is 1.15. The van der Waals surface area contributed by atoms with Gasteiger partial charge in [0.15, 0.2) is 0 Å². The second-order valence-corrected chi connectivity index (χ2v) is 4.15. The lowest BCUT2D eigenvalue weighted by molar-refractivity contribution is 0.302. The highest BCUT2D eigenvalue weighted by Crippen LogP contribution is 2.25. The lowest BCUT2D eigenvalue weighted by Gasteiger charge is -2.06. The molecule has 16 heavy (non-hydrogen) atoms. The van der Waals surface area contributed by atoms with Crippen LogP contribution in [-0.2, 0) is 6.61 Å². The van der Waals surface area contributed by atoms with Gasteiger partial charge >= 0.3 is 0 Å². The van der Waals surface area contributed by atoms with E-state index >= 15 is 0 Å². The first-order valence-electron chi connectivity index (χ1n) is 4.49. The summed E-state index contributed by atoms with van der Waals surface area (Å²) < 4.78 is 5.48. The molecule has 0 aliphatic heterocycles. The van der Waals surface area contributed by atoms with Crippen molar-refractivity contribution in [3.63, 3.8) is 0 Å². The number of hydrogen-bond acceptors (Lipinski definition) is 4. The van der Waals surface area contributed by atoms with E-state index in [0.29, 0.717) is 22.9 Å². The third kappa shape index (κ3) is 2.51. The Hall–Kier alpha value is -1.57. The van der Waals surface area contributed by atoms with Crippen LogP contribution >= 0.6 is 22.9 Å². The second kappa shape index (κ2) is 4.97. The van der Waals surface area contributed by atoms with E-state index in [0.717, 1.165) is 5.69 Å². The molecule has 2 aromatic rings. The Labute approximate surface area is 102 Å². The Bertz CT molecular complexity index is 519. The topological polar surface area (TPSA) is 45.9 Å². The Kier molecular flexibility index (Phi) is 3.40. The van der Waals surface area contributed by atoms with Crippen molar-refractivity contribution in [1.82, 2.24) is 4.98 Å². The molecule has 0 aliphatic carbocycles. The molecule has 3 nitrogen and oxygen atoms in total. The summed E-state index contributed by atoms with van der Waals surface area (Å²) in [5.74, 6) is 0.564. The zero-order valence-electron chi connectivity index (χ0n) is 8.18. The molecule has 0 saturated heterocycles. The van der Waals surface area contributed by atoms with Gasteiger partial charge in [-0.1, -0.05) is 11.6 Å². The van der Waals surface area contributed by atoms with Crippen molar-refractivity contribution < 1.29 is 4.74 Å². The van der Waals surface area contributed by atoms with Crippen LogP contribution in [0.15, 0.2) is 29.1 Å². The van der Waals surface area contributed by atoms with Crippen LogP contribution in [0.4, 0.5) is 0 Å². The molecule has 2 rings (SSSR count). The van der Waals surface area contributed by atoms with E-state index in [9.17, 15) is 0 Å². The van der Waals surface area contributed by atoms with Crippen molar-refractivity contribution >= 4 is 22.9 Å². The van der Waals surface area contributed by atoms with E-state index in [1.54, 1.807) is 23.7 Å². The minimum absolute atomic E-state index is 0.384. The van der Waals surface area contributed by atoms with Crippen LogP contribution in [0.5, 0.6) is 5.75 Å². The molecule has 0 spiro atoms. The van der Waals surface area contributed by atoms with Gasteiger partial charge in [-0.15, -0.1) is 11.3 Å². The van der Waals surface area contributed by atoms with E-state index in [1.165, 1.54) is 11.3 Å². The molecule has 0 radical (unpaired) electrons. The zero-order valence-corrected chi connectivity index (χ0v) is 9.76. The van der Waals surface area contributed by atoms with Gasteiger partial charge in [-0.05, 0) is 18.2 Å². The highest BCUT2D eigenvalue weighted by molar-refractivity contribution is 7.07. The van der Waals surface area contributed by atoms with Crippen LogP contribution in [-0.4, -0.2) is 4.98 Å². The highest BCUT2D eigenvalue weighted by Gasteiger charge is 2.04. The van der Waals surface area contributed by atoms with E-state index in [1.807, 2.05) is 11.4 Å². The van der Waals surface area contributed by atoms with E-state index in [4.69, 9.17) is 21.6 Å². The summed E-state index contributed by atoms with van der Waals surface area (Å²) in [7, 11) is 0. The van der Waals surface area contributed by atoms with Crippen molar-refractivity contribution in [3.8, 4) is 11.8 Å². The van der Waals surface area contributed by atoms with Crippen molar-refractivity contribution in [2.75, 3.05) is 0 Å². The molecule has 0 fully saturated rings. The van der Waals surface area contributed by atoms with Crippen molar-refractivity contribution in [3.05, 3.63) is 45.4 Å². The molecular weight excluding hydrogens is 244 g/mol. The first-order chi connectivity index (χ1) is 7.79. The molecule has 0 N–H and O–H groups in total. The molecular formula is C11H7ClN2OS. The SMILES string of the molecule is N#Cc1ccc(OCc2cscn2)c(Cl)c1. The summed E-state index contributed by atoms with van der Waals surface area (Å²) in [6.45, 7) is 0.384. The largest absolute Gasteiger partial charge is 0.486 e. The van der Waals surface area contributed by atoms with Gasteiger partial charge < -0.3 is 4.74 Å². The first kappa shape index (κ1) is 10.9. The smallest absolute Gasteiger partial charge is 0.138 e. The maximum atomic E-state index is 8.67. The summed E-state index contributed by atoms with van der Waals surface area (Å²) in [6, 6.07) is 6.95. The van der Waals surface area contributed by atoms with Gasteiger partial charge in [0.05, 0.1) is 27.9 Å². The van der Waals surface area contributed by atoms with Crippen LogP contribution < -0.4 is 4.74 Å². The van der Waals surface area contributed by atoms with Gasteiger partial charge in [0, 0.05) is 5.38 Å². The number of rotatable bonds is 3. The first-order valence-corrected chi connectivity index (χ1v) is 5.81. The van der Waals surface area contributed by atoms with Crippen LogP contribution in [0, 0.1) is 11.3 Å². The zero-order chi connectivity index (χ0) is 11.4. The normalized spacial score (nSPS) is 9.75. The third-order valence-corrected chi connectivity index (χ3v) is 2.85. The Balaban J connectivity index is 2.08. The van der Waals surface area contributed by atoms with Crippen molar-refractivity contribution in [1.29, 1.82) is 5.26 Å². The van der Waals surface area contributed by atoms with Crippen LogP contribution in [0.3, 0.4) is 0 Å². The van der Waals surface area contributed by atoms with Gasteiger partial charge in [-0.3, -0.25) is 0 Å². The summed E-state index contributed by atoms with van der Waals surface area (Å²) >= 11 is 7.47. The number of halogens is 1. The molecule has 1 heterocycles. The fraction of sp³-hybridized carbons (Fsp3) is 0.0909. The lowest BCUT2D eigenvalue weighted by Crippen LogP contribution is -1.96. The Morgan fingerprint density at radius 3 is 3.00 bits per heavy atom. The fourth-order valence-corrected chi connectivity index (χ4v) is 1.93. The predicted molar refractivity (Wildman–Crippen MR) is 62.6 cm³/mol. The predicted octanol–water partition coefficient (Wildman–Crippen LogP) is 3.25. The second-order valence-electron chi connectivity index (χ2n) is 3.03. The van der Waals surface area contributed by atoms with Gasteiger partial charge in [0.2, 0.25) is 0 Å². The van der Waals surface area contributed by atoms with Gasteiger partial charge in [-0.25, -0.2) is 4.98 Å². The summed E-state index contributed by atoms with van der Waals surface area (Å²) in [4.78, 5) is 4.09. The van der Waals surface area contributed by atoms with E-state index in [-0.39, 0.29) is 0 Å². The maximum Gasteiger partial charge on any atom is 0.138 e. The number of thiazole rings is 1. The molecule has 0 saturated carbocycles. The molecule has 0 atom stereocenters. The van der Waals surface area contributed by atoms with Crippen LogP contribution in [0.25, 0.3) is 0 Å². The van der Waals surface area contributed by atoms with Gasteiger partial charge in [0.25, 0.3) is 0 Å². The quantitative estimate of drug-likeness (QED) is 0.840. The molecule has 80 valence electrons. The van der Waals surface area contributed by atoms with Gasteiger partial charge in [0.1, 0.15) is 12.4 Å². The molecule has 0 unspecified atom stereocenters. The number of nitrogens with zero attached hydrogens (tertiary/aromatic N) is 2. The molecule has 1 aromatic carbocycles. The van der Waals surface area contributed by atoms with Crippen LogP contribution in [0.1, 0.15) is 11.3 Å². The molecule has 0 amide bonds. The summed E-state index contributed by atoms with van der Waals surface area (Å²) in [6.07, 6.45) is 0. The number of benzene rings is 1. The lowest BCUT2D eigenvalue weighted by atomic mass is 10.2. The minimum atomic E-state index is 0.384. The Morgan fingerprint density at radius 1 is 1.50 bits per heavy atom. The number of nitriles is 1. The minimum Gasteiger partial charge on any atom is -0.486 e. The average Bonchev–Trinajstić information content (AvgIpc) is 2.80. The molecule has 0 aliphatic rings. The van der Waals surface area contributed by atoms with Crippen molar-refractivity contribution in [2.45, 2.75) is 6.61 Å². The van der Waals surface area contributed by atoms with Gasteiger partial charge in [-0.2, -0.15) is 5.26 Å². The van der Waals surface area contributed by atoms with E-state index in [2.05, 4.69) is 4.98 Å².